The lowest BCUT2D eigenvalue weighted by Gasteiger charge is -2.05. The molecule has 0 saturated carbocycles. The summed E-state index contributed by atoms with van der Waals surface area (Å²) in [6.45, 7) is 6.02. The zero-order valence-electron chi connectivity index (χ0n) is 14.8. The Morgan fingerprint density at radius 3 is 2.62 bits per heavy atom. The SMILES string of the molecule is Cc1ccc(-c2csc(/C(C#N)=C/Nc3cc(F)ccc3C)n2)cc1C. The number of benzene rings is 2. The summed E-state index contributed by atoms with van der Waals surface area (Å²) in [5.74, 6) is -0.323. The van der Waals surface area contributed by atoms with Crippen molar-refractivity contribution in [1.82, 2.24) is 4.98 Å². The first-order valence-electron chi connectivity index (χ1n) is 8.14. The molecule has 0 aliphatic rings. The average molecular weight is 363 g/mol. The van der Waals surface area contributed by atoms with Crippen LogP contribution in [-0.4, -0.2) is 4.98 Å². The van der Waals surface area contributed by atoms with Crippen LogP contribution in [0.2, 0.25) is 0 Å². The lowest BCUT2D eigenvalue weighted by molar-refractivity contribution is 0.628. The molecule has 3 aromatic rings. The molecule has 0 fully saturated rings. The molecule has 2 aromatic carbocycles. The van der Waals surface area contributed by atoms with Gasteiger partial charge in [-0.15, -0.1) is 11.3 Å². The van der Waals surface area contributed by atoms with Gasteiger partial charge in [0, 0.05) is 22.8 Å². The van der Waals surface area contributed by atoms with Crippen molar-refractivity contribution in [2.75, 3.05) is 5.32 Å². The minimum absolute atomic E-state index is 0.323. The van der Waals surface area contributed by atoms with Crippen molar-refractivity contribution >= 4 is 22.6 Å². The third-order valence-electron chi connectivity index (χ3n) is 4.23. The highest BCUT2D eigenvalue weighted by molar-refractivity contribution is 7.11. The van der Waals surface area contributed by atoms with Gasteiger partial charge >= 0.3 is 0 Å². The molecule has 0 aliphatic carbocycles. The van der Waals surface area contributed by atoms with Crippen LogP contribution < -0.4 is 5.32 Å². The number of hydrogen-bond acceptors (Lipinski definition) is 4. The van der Waals surface area contributed by atoms with Crippen LogP contribution in [0, 0.1) is 37.9 Å². The molecule has 0 unspecified atom stereocenters. The summed E-state index contributed by atoms with van der Waals surface area (Å²) >= 11 is 1.41. The monoisotopic (exact) mass is 363 g/mol. The molecular formula is C21H18FN3S. The molecule has 0 saturated heterocycles. The van der Waals surface area contributed by atoms with Gasteiger partial charge in [0.1, 0.15) is 22.5 Å². The smallest absolute Gasteiger partial charge is 0.136 e. The van der Waals surface area contributed by atoms with Crippen molar-refractivity contribution in [3.63, 3.8) is 0 Å². The molecule has 3 rings (SSSR count). The molecule has 0 aliphatic heterocycles. The first kappa shape index (κ1) is 17.8. The fourth-order valence-corrected chi connectivity index (χ4v) is 3.27. The fraction of sp³-hybridized carbons (Fsp3) is 0.143. The number of nitriles is 1. The molecule has 5 heteroatoms. The van der Waals surface area contributed by atoms with Gasteiger partial charge in [-0.25, -0.2) is 9.37 Å². The van der Waals surface area contributed by atoms with Crippen LogP contribution in [0.5, 0.6) is 0 Å². The number of allylic oxidation sites excluding steroid dienone is 1. The van der Waals surface area contributed by atoms with E-state index in [1.54, 1.807) is 12.3 Å². The minimum Gasteiger partial charge on any atom is -0.360 e. The van der Waals surface area contributed by atoms with E-state index in [1.165, 1.54) is 34.6 Å². The van der Waals surface area contributed by atoms with E-state index < -0.39 is 0 Å². The maximum Gasteiger partial charge on any atom is 0.136 e. The van der Waals surface area contributed by atoms with Crippen molar-refractivity contribution in [3.8, 4) is 17.3 Å². The average Bonchev–Trinajstić information content (AvgIpc) is 3.10. The maximum absolute atomic E-state index is 13.4. The Balaban J connectivity index is 1.87. The van der Waals surface area contributed by atoms with Crippen LogP contribution in [-0.2, 0) is 0 Å². The number of anilines is 1. The Bertz CT molecular complexity index is 1030. The molecule has 130 valence electrons. The summed E-state index contributed by atoms with van der Waals surface area (Å²) in [6.07, 6.45) is 1.57. The zero-order valence-corrected chi connectivity index (χ0v) is 15.6. The normalized spacial score (nSPS) is 11.3. The summed E-state index contributed by atoms with van der Waals surface area (Å²) in [5, 5.41) is 15.1. The summed E-state index contributed by atoms with van der Waals surface area (Å²) < 4.78 is 13.4. The van der Waals surface area contributed by atoms with E-state index >= 15 is 0 Å². The van der Waals surface area contributed by atoms with Gasteiger partial charge in [-0.05, 0) is 55.7 Å². The van der Waals surface area contributed by atoms with Gasteiger partial charge in [0.25, 0.3) is 0 Å². The maximum atomic E-state index is 13.4. The number of aromatic nitrogens is 1. The molecule has 3 nitrogen and oxygen atoms in total. The molecule has 0 bridgehead atoms. The lowest BCUT2D eigenvalue weighted by atomic mass is 10.1. The van der Waals surface area contributed by atoms with E-state index in [0.29, 0.717) is 16.3 Å². The van der Waals surface area contributed by atoms with Crippen molar-refractivity contribution in [1.29, 1.82) is 5.26 Å². The number of halogens is 1. The largest absolute Gasteiger partial charge is 0.360 e. The number of hydrogen-bond donors (Lipinski definition) is 1. The third-order valence-corrected chi connectivity index (χ3v) is 5.10. The van der Waals surface area contributed by atoms with Crippen LogP contribution in [0.25, 0.3) is 16.8 Å². The molecule has 0 amide bonds. The third kappa shape index (κ3) is 3.81. The Morgan fingerprint density at radius 2 is 1.88 bits per heavy atom. The molecule has 0 atom stereocenters. The van der Waals surface area contributed by atoms with E-state index in [0.717, 1.165) is 16.8 Å². The molecule has 0 radical (unpaired) electrons. The van der Waals surface area contributed by atoms with Crippen LogP contribution in [0.1, 0.15) is 21.7 Å². The van der Waals surface area contributed by atoms with Crippen LogP contribution >= 0.6 is 11.3 Å². The topological polar surface area (TPSA) is 48.7 Å². The first-order valence-corrected chi connectivity index (χ1v) is 9.02. The quantitative estimate of drug-likeness (QED) is 0.591. The van der Waals surface area contributed by atoms with Gasteiger partial charge < -0.3 is 5.32 Å². The van der Waals surface area contributed by atoms with Gasteiger partial charge in [0.15, 0.2) is 0 Å². The number of aryl methyl sites for hydroxylation is 3. The predicted octanol–water partition coefficient (Wildman–Crippen LogP) is 5.85. The van der Waals surface area contributed by atoms with Gasteiger partial charge in [-0.1, -0.05) is 18.2 Å². The number of rotatable bonds is 4. The second kappa shape index (κ2) is 7.51. The Morgan fingerprint density at radius 1 is 1.12 bits per heavy atom. The van der Waals surface area contributed by atoms with Crippen molar-refractivity contribution in [3.05, 3.63) is 75.5 Å². The molecule has 1 N–H and O–H groups in total. The summed E-state index contributed by atoms with van der Waals surface area (Å²) in [7, 11) is 0. The van der Waals surface area contributed by atoms with Crippen molar-refractivity contribution < 1.29 is 4.39 Å². The van der Waals surface area contributed by atoms with E-state index in [2.05, 4.69) is 42.4 Å². The fourth-order valence-electron chi connectivity index (χ4n) is 2.47. The second-order valence-electron chi connectivity index (χ2n) is 6.11. The van der Waals surface area contributed by atoms with Crippen molar-refractivity contribution in [2.24, 2.45) is 0 Å². The van der Waals surface area contributed by atoms with Crippen LogP contribution in [0.3, 0.4) is 0 Å². The van der Waals surface area contributed by atoms with E-state index in [1.807, 2.05) is 18.4 Å². The number of nitrogens with one attached hydrogen (secondary N) is 1. The van der Waals surface area contributed by atoms with Gasteiger partial charge in [0.05, 0.1) is 5.69 Å². The highest BCUT2D eigenvalue weighted by atomic mass is 32.1. The summed E-state index contributed by atoms with van der Waals surface area (Å²) in [6, 6.07) is 12.9. The van der Waals surface area contributed by atoms with Crippen LogP contribution in [0.4, 0.5) is 10.1 Å². The highest BCUT2D eigenvalue weighted by Gasteiger charge is 2.10. The Labute approximate surface area is 156 Å². The molecular weight excluding hydrogens is 345 g/mol. The van der Waals surface area contributed by atoms with E-state index in [-0.39, 0.29) is 5.82 Å². The molecule has 26 heavy (non-hydrogen) atoms. The molecule has 0 spiro atoms. The number of thiazole rings is 1. The van der Waals surface area contributed by atoms with Crippen molar-refractivity contribution in [2.45, 2.75) is 20.8 Å². The Hall–Kier alpha value is -2.97. The molecule has 1 aromatic heterocycles. The lowest BCUT2D eigenvalue weighted by Crippen LogP contribution is -1.94. The second-order valence-corrected chi connectivity index (χ2v) is 6.97. The van der Waals surface area contributed by atoms with Gasteiger partial charge in [-0.2, -0.15) is 5.26 Å². The van der Waals surface area contributed by atoms with Gasteiger partial charge in [-0.3, -0.25) is 0 Å². The van der Waals surface area contributed by atoms with E-state index in [4.69, 9.17) is 0 Å². The standard InChI is InChI=1S/C21H18FN3S/c1-13-4-6-16(8-15(13)3)20-12-26-21(25-20)17(10-23)11-24-19-9-18(22)7-5-14(19)2/h4-9,11-12,24H,1-3H3/b17-11+. The highest BCUT2D eigenvalue weighted by Crippen LogP contribution is 2.27. The summed E-state index contributed by atoms with van der Waals surface area (Å²) in [5.41, 5.74) is 6.25. The Kier molecular flexibility index (Phi) is 5.15. The predicted molar refractivity (Wildman–Crippen MR) is 105 cm³/mol. The zero-order chi connectivity index (χ0) is 18.7. The number of nitrogens with zero attached hydrogens (tertiary/aromatic N) is 2. The summed E-state index contributed by atoms with van der Waals surface area (Å²) in [4.78, 5) is 4.59. The van der Waals surface area contributed by atoms with E-state index in [9.17, 15) is 9.65 Å². The first-order chi connectivity index (χ1) is 12.5. The molecule has 1 heterocycles. The van der Waals surface area contributed by atoms with Crippen LogP contribution in [0.15, 0.2) is 48.0 Å². The van der Waals surface area contributed by atoms with Gasteiger partial charge in [0.2, 0.25) is 0 Å². The minimum atomic E-state index is -0.323.